The fourth-order valence-electron chi connectivity index (χ4n) is 3.55. The number of carbonyl (C=O) groups excluding carboxylic acids is 2. The Kier molecular flexibility index (Phi) is 20.4. The summed E-state index contributed by atoms with van der Waals surface area (Å²) < 4.78 is 26.4. The number of carbonyl (C=O) groups is 2. The molecule has 5 heteroatoms. The molecule has 1 amide bonds. The van der Waals surface area contributed by atoms with E-state index in [9.17, 15) is 18.4 Å². The van der Waals surface area contributed by atoms with Crippen LogP contribution in [-0.4, -0.2) is 12.2 Å². The van der Waals surface area contributed by atoms with Gasteiger partial charge in [-0.2, -0.15) is 0 Å². The van der Waals surface area contributed by atoms with Gasteiger partial charge in [-0.25, -0.2) is 8.78 Å². The highest BCUT2D eigenvalue weighted by atomic mass is 19.2. The number of halogens is 2. The molecule has 0 atom stereocenters. The van der Waals surface area contributed by atoms with Crippen LogP contribution in [0, 0.1) is 17.6 Å². The highest BCUT2D eigenvalue weighted by Gasteiger charge is 2.23. The molecule has 0 aliphatic heterocycles. The van der Waals surface area contributed by atoms with Crippen molar-refractivity contribution in [2.75, 3.05) is 0 Å². The van der Waals surface area contributed by atoms with E-state index >= 15 is 0 Å². The van der Waals surface area contributed by atoms with E-state index in [1.54, 1.807) is 0 Å². The van der Waals surface area contributed by atoms with Crippen molar-refractivity contribution in [3.63, 3.8) is 0 Å². The Morgan fingerprint density at radius 2 is 1.41 bits per heavy atom. The summed E-state index contributed by atoms with van der Waals surface area (Å²) in [6, 6.07) is 15.6. The minimum atomic E-state index is -0.937. The second-order valence-corrected chi connectivity index (χ2v) is 7.13. The van der Waals surface area contributed by atoms with Crippen LogP contribution in [0.3, 0.4) is 0 Å². The molecule has 0 bridgehead atoms. The molecule has 1 saturated carbocycles. The van der Waals surface area contributed by atoms with Crippen LogP contribution in [0.25, 0.3) is 0 Å². The van der Waals surface area contributed by atoms with Crippen LogP contribution in [0.2, 0.25) is 0 Å². The van der Waals surface area contributed by atoms with E-state index in [1.807, 2.05) is 64.1 Å². The molecule has 1 aliphatic carbocycles. The molecule has 190 valence electrons. The highest BCUT2D eigenvalue weighted by molar-refractivity contribution is 5.94. The Bertz CT molecular complexity index is 803. The first kappa shape index (κ1) is 33.4. The van der Waals surface area contributed by atoms with Gasteiger partial charge in [0.1, 0.15) is 0 Å². The summed E-state index contributed by atoms with van der Waals surface area (Å²) in [6.07, 6.45) is 5.88. The minimum Gasteiger partial charge on any atom is -0.332 e. The van der Waals surface area contributed by atoms with Gasteiger partial charge in [-0.3, -0.25) is 9.59 Å². The molecule has 3 rings (SSSR count). The van der Waals surface area contributed by atoms with Gasteiger partial charge in [0.25, 0.3) is 0 Å². The Hall–Kier alpha value is -2.82. The first-order valence-electron chi connectivity index (χ1n) is 11.9. The number of rotatable bonds is 6. The molecule has 3 nitrogen and oxygen atoms in total. The lowest BCUT2D eigenvalue weighted by molar-refractivity contribution is -0.113. The van der Waals surface area contributed by atoms with E-state index < -0.39 is 11.6 Å². The first-order valence-corrected chi connectivity index (χ1v) is 11.9. The third kappa shape index (κ3) is 12.4. The highest BCUT2D eigenvalue weighted by Crippen LogP contribution is 2.31. The van der Waals surface area contributed by atoms with Crippen molar-refractivity contribution < 1.29 is 18.4 Å². The van der Waals surface area contributed by atoms with E-state index in [2.05, 4.69) is 5.32 Å². The fraction of sp³-hybridized carbons (Fsp3) is 0.448. The van der Waals surface area contributed by atoms with E-state index in [0.29, 0.717) is 23.2 Å². The van der Waals surface area contributed by atoms with Gasteiger partial charge in [0.2, 0.25) is 6.41 Å². The van der Waals surface area contributed by atoms with Gasteiger partial charge >= 0.3 is 0 Å². The monoisotopic (exact) mass is 475 g/mol. The second-order valence-electron chi connectivity index (χ2n) is 7.13. The van der Waals surface area contributed by atoms with Crippen LogP contribution in [0.5, 0.6) is 0 Å². The van der Waals surface area contributed by atoms with Crippen LogP contribution in [0.4, 0.5) is 8.78 Å². The molecule has 2 aromatic carbocycles. The van der Waals surface area contributed by atoms with Crippen LogP contribution in [-0.2, 0) is 16.0 Å². The van der Waals surface area contributed by atoms with Crippen LogP contribution >= 0.6 is 0 Å². The maximum absolute atomic E-state index is 13.4. The quantitative estimate of drug-likeness (QED) is 0.339. The average Bonchev–Trinajstić information content (AvgIpc) is 2.88. The van der Waals surface area contributed by atoms with Crippen LogP contribution < -0.4 is 5.32 Å². The molecule has 34 heavy (non-hydrogen) atoms. The molecule has 0 spiro atoms. The Labute approximate surface area is 205 Å². The summed E-state index contributed by atoms with van der Waals surface area (Å²) in [6.45, 7) is 9.44. The minimum absolute atomic E-state index is 0. The maximum Gasteiger partial charge on any atom is 0.211 e. The molecule has 2 aromatic rings. The van der Waals surface area contributed by atoms with Gasteiger partial charge in [0.15, 0.2) is 17.4 Å². The van der Waals surface area contributed by atoms with Crippen molar-refractivity contribution in [2.24, 2.45) is 5.92 Å². The number of nitrogens with one attached hydrogen (secondary N) is 1. The van der Waals surface area contributed by atoms with Gasteiger partial charge in [-0.1, -0.05) is 96.8 Å². The second kappa shape index (κ2) is 20.8. The number of ketones is 1. The van der Waals surface area contributed by atoms with E-state index in [4.69, 9.17) is 0 Å². The molecule has 0 aromatic heterocycles. The zero-order valence-electron chi connectivity index (χ0n) is 20.7. The molecule has 1 fully saturated rings. The molecular weight excluding hydrogens is 432 g/mol. The number of amides is 1. The average molecular weight is 476 g/mol. The third-order valence-electron chi connectivity index (χ3n) is 5.01. The van der Waals surface area contributed by atoms with Crippen LogP contribution in [0.15, 0.2) is 65.9 Å². The zero-order chi connectivity index (χ0) is 25.1. The number of benzene rings is 2. The van der Waals surface area contributed by atoms with Crippen molar-refractivity contribution in [3.05, 3.63) is 83.1 Å². The summed E-state index contributed by atoms with van der Waals surface area (Å²) in [5, 5.41) is 2.69. The van der Waals surface area contributed by atoms with Gasteiger partial charge in [0, 0.05) is 17.7 Å². The number of hydrogen-bond acceptors (Lipinski definition) is 2. The molecule has 1 N–H and O–H groups in total. The molecule has 1 aliphatic rings. The predicted octanol–water partition coefficient (Wildman–Crippen LogP) is 8.05. The van der Waals surface area contributed by atoms with Crippen molar-refractivity contribution in [3.8, 4) is 0 Å². The van der Waals surface area contributed by atoms with Gasteiger partial charge in [0.05, 0.1) is 0 Å². The summed E-state index contributed by atoms with van der Waals surface area (Å²) >= 11 is 0. The van der Waals surface area contributed by atoms with Crippen molar-refractivity contribution in [2.45, 2.75) is 80.6 Å². The molecule has 0 radical (unpaired) electrons. The van der Waals surface area contributed by atoms with E-state index in [0.717, 1.165) is 44.2 Å². The lowest BCUT2D eigenvalue weighted by Crippen LogP contribution is -2.25. The van der Waals surface area contributed by atoms with Crippen LogP contribution in [0.1, 0.15) is 79.7 Å². The van der Waals surface area contributed by atoms with Crippen molar-refractivity contribution >= 4 is 12.2 Å². The molecular formula is C29H43F2NO2. The number of allylic oxidation sites excluding steroid dienone is 2. The Balaban J connectivity index is 0. The Morgan fingerprint density at radius 1 is 0.912 bits per heavy atom. The van der Waals surface area contributed by atoms with Crippen molar-refractivity contribution in [1.29, 1.82) is 0 Å². The summed E-state index contributed by atoms with van der Waals surface area (Å²) in [4.78, 5) is 23.0. The SMILES string of the molecule is C.CC.CC.CC(=O)/C(Cc1ccc(F)c(F)c1)=C(\NC=O)C1CCCCC1.c1ccccc1. The smallest absolute Gasteiger partial charge is 0.211 e. The molecule has 0 saturated heterocycles. The first-order chi connectivity index (χ1) is 16.0. The normalized spacial score (nSPS) is 13.0. The Morgan fingerprint density at radius 3 is 1.82 bits per heavy atom. The lowest BCUT2D eigenvalue weighted by Gasteiger charge is -2.26. The van der Waals surface area contributed by atoms with Gasteiger partial charge in [-0.05, 0) is 43.4 Å². The van der Waals surface area contributed by atoms with Gasteiger partial charge in [-0.15, -0.1) is 0 Å². The molecule has 0 unspecified atom stereocenters. The number of hydrogen-bond donors (Lipinski definition) is 1. The summed E-state index contributed by atoms with van der Waals surface area (Å²) in [7, 11) is 0. The number of Topliss-reactive ketones (excluding diaryl/α,β-unsaturated/α-hetero) is 1. The topological polar surface area (TPSA) is 46.2 Å². The fourth-order valence-corrected chi connectivity index (χ4v) is 3.55. The third-order valence-corrected chi connectivity index (χ3v) is 5.01. The molecule has 0 heterocycles. The van der Waals surface area contributed by atoms with Gasteiger partial charge < -0.3 is 5.32 Å². The maximum atomic E-state index is 13.4. The van der Waals surface area contributed by atoms with E-state index in [-0.39, 0.29) is 25.5 Å². The van der Waals surface area contributed by atoms with E-state index in [1.165, 1.54) is 13.0 Å². The summed E-state index contributed by atoms with van der Waals surface area (Å²) in [5.41, 5.74) is 1.61. The lowest BCUT2D eigenvalue weighted by atomic mass is 9.83. The standard InChI is InChI=1S/C18H21F2NO2.C6H6.2C2H6.CH4/c1-12(23)15(9-13-7-8-16(19)17(20)10-13)18(21-11-22)14-5-3-2-4-6-14;1-2-4-6-5-3-1;2*1-2;/h7-8,10-11,14H,2-6,9H2,1H3,(H,21,22);1-6H;2*1-2H3;1H4/b18-15-;;;;. The predicted molar refractivity (Wildman–Crippen MR) is 139 cm³/mol. The largest absolute Gasteiger partial charge is 0.332 e. The zero-order valence-corrected chi connectivity index (χ0v) is 20.7. The van der Waals surface area contributed by atoms with Crippen molar-refractivity contribution in [1.82, 2.24) is 5.32 Å². The summed E-state index contributed by atoms with van der Waals surface area (Å²) in [5.74, 6) is -1.88.